The van der Waals surface area contributed by atoms with Crippen molar-refractivity contribution in [3.05, 3.63) is 102 Å². The summed E-state index contributed by atoms with van der Waals surface area (Å²) < 4.78 is 16.0. The lowest BCUT2D eigenvalue weighted by Gasteiger charge is -2.13. The average molecular weight is 383 g/mol. The van der Waals surface area contributed by atoms with Gasteiger partial charge < -0.3 is 0 Å². The Balaban J connectivity index is 1.60. The number of hydrogen-bond acceptors (Lipinski definition) is 2. The van der Waals surface area contributed by atoms with Crippen LogP contribution in [0.4, 0.5) is 4.39 Å². The van der Waals surface area contributed by atoms with Crippen molar-refractivity contribution in [2.75, 3.05) is 0 Å². The molecular weight excluding hydrogens is 365 g/mol. The van der Waals surface area contributed by atoms with Crippen molar-refractivity contribution < 1.29 is 4.39 Å². The number of rotatable bonds is 3. The van der Waals surface area contributed by atoms with Gasteiger partial charge in [0, 0.05) is 37.9 Å². The zero-order valence-electron chi connectivity index (χ0n) is 15.4. The van der Waals surface area contributed by atoms with E-state index in [4.69, 9.17) is 0 Å². The van der Waals surface area contributed by atoms with Crippen molar-refractivity contribution in [1.29, 1.82) is 0 Å². The molecule has 0 saturated heterocycles. The maximum atomic E-state index is 13.8. The minimum atomic E-state index is -0.200. The fourth-order valence-electron chi connectivity index (χ4n) is 3.72. The van der Waals surface area contributed by atoms with E-state index in [1.165, 1.54) is 17.2 Å². The highest BCUT2D eigenvalue weighted by Gasteiger charge is 2.12. The van der Waals surface area contributed by atoms with Crippen LogP contribution in [0.3, 0.4) is 0 Å². The Hall–Kier alpha value is -3.04. The molecule has 1 atom stereocenters. The third-order valence-electron chi connectivity index (χ3n) is 5.31. The van der Waals surface area contributed by atoms with Gasteiger partial charge in [-0.15, -0.1) is 11.3 Å². The maximum Gasteiger partial charge on any atom is 0.123 e. The second-order valence-electron chi connectivity index (χ2n) is 7.06. The first-order valence-corrected chi connectivity index (χ1v) is 10.1. The Labute approximate surface area is 167 Å². The van der Waals surface area contributed by atoms with Crippen molar-refractivity contribution in [3.8, 4) is 11.3 Å². The minimum Gasteiger partial charge on any atom is -0.256 e. The SMILES string of the molecule is CC(c1ccccc1)c1ccnc(-c2ccc3sc4ccc(F)cc4c3c2)c1. The summed E-state index contributed by atoms with van der Waals surface area (Å²) in [6.07, 6.45) is 1.87. The molecule has 0 radical (unpaired) electrons. The molecule has 0 saturated carbocycles. The van der Waals surface area contributed by atoms with E-state index in [0.717, 1.165) is 31.4 Å². The fraction of sp³-hybridized carbons (Fsp3) is 0.0800. The van der Waals surface area contributed by atoms with Crippen molar-refractivity contribution >= 4 is 31.5 Å². The van der Waals surface area contributed by atoms with Crippen LogP contribution in [0.5, 0.6) is 0 Å². The Morgan fingerprint density at radius 3 is 2.36 bits per heavy atom. The molecule has 0 bridgehead atoms. The van der Waals surface area contributed by atoms with Gasteiger partial charge in [0.25, 0.3) is 0 Å². The molecule has 0 aliphatic carbocycles. The summed E-state index contributed by atoms with van der Waals surface area (Å²) in [5, 5.41) is 2.05. The number of fused-ring (bicyclic) bond motifs is 3. The third-order valence-corrected chi connectivity index (χ3v) is 6.46. The molecule has 1 nitrogen and oxygen atoms in total. The fourth-order valence-corrected chi connectivity index (χ4v) is 4.78. The molecule has 3 aromatic carbocycles. The Bertz CT molecular complexity index is 1290. The van der Waals surface area contributed by atoms with Crippen molar-refractivity contribution in [3.63, 3.8) is 0 Å². The summed E-state index contributed by atoms with van der Waals surface area (Å²) in [5.41, 5.74) is 4.52. The van der Waals surface area contributed by atoms with E-state index in [9.17, 15) is 4.39 Å². The van der Waals surface area contributed by atoms with E-state index in [-0.39, 0.29) is 5.82 Å². The van der Waals surface area contributed by atoms with Crippen LogP contribution in [-0.4, -0.2) is 4.98 Å². The van der Waals surface area contributed by atoms with E-state index in [0.29, 0.717) is 5.92 Å². The van der Waals surface area contributed by atoms with Crippen molar-refractivity contribution in [2.24, 2.45) is 0 Å². The highest BCUT2D eigenvalue weighted by Crippen LogP contribution is 2.37. The largest absolute Gasteiger partial charge is 0.256 e. The lowest BCUT2D eigenvalue weighted by atomic mass is 9.93. The van der Waals surface area contributed by atoms with Gasteiger partial charge >= 0.3 is 0 Å². The molecule has 0 spiro atoms. The van der Waals surface area contributed by atoms with Crippen LogP contribution in [0.25, 0.3) is 31.4 Å². The van der Waals surface area contributed by atoms with E-state index >= 15 is 0 Å². The predicted octanol–water partition coefficient (Wildman–Crippen LogP) is 7.41. The summed E-state index contributed by atoms with van der Waals surface area (Å²) in [6, 6.07) is 26.1. The average Bonchev–Trinajstić information content (AvgIpc) is 3.11. The molecule has 0 N–H and O–H groups in total. The van der Waals surface area contributed by atoms with Crippen LogP contribution in [-0.2, 0) is 0 Å². The lowest BCUT2D eigenvalue weighted by Crippen LogP contribution is -1.97. The lowest BCUT2D eigenvalue weighted by molar-refractivity contribution is 0.630. The second kappa shape index (κ2) is 6.84. The van der Waals surface area contributed by atoms with Crippen LogP contribution in [0.2, 0.25) is 0 Å². The van der Waals surface area contributed by atoms with Gasteiger partial charge in [0.15, 0.2) is 0 Å². The highest BCUT2D eigenvalue weighted by molar-refractivity contribution is 7.25. The number of hydrogen-bond donors (Lipinski definition) is 0. The number of benzene rings is 3. The number of thiophene rings is 1. The molecule has 1 unspecified atom stereocenters. The topological polar surface area (TPSA) is 12.9 Å². The highest BCUT2D eigenvalue weighted by atomic mass is 32.1. The predicted molar refractivity (Wildman–Crippen MR) is 116 cm³/mol. The minimum absolute atomic E-state index is 0.200. The summed E-state index contributed by atoms with van der Waals surface area (Å²) in [5.74, 6) is 0.0946. The van der Waals surface area contributed by atoms with Crippen LogP contribution < -0.4 is 0 Å². The molecule has 28 heavy (non-hydrogen) atoms. The smallest absolute Gasteiger partial charge is 0.123 e. The zero-order valence-corrected chi connectivity index (χ0v) is 16.2. The summed E-state index contributed by atoms with van der Waals surface area (Å²) in [4.78, 5) is 4.60. The first kappa shape index (κ1) is 17.1. The summed E-state index contributed by atoms with van der Waals surface area (Å²) >= 11 is 1.69. The standard InChI is InChI=1S/C25H18FNS/c1-16(17-5-3-2-4-6-17)18-11-12-27-23(14-18)19-7-9-24-21(13-19)22-15-20(26)8-10-25(22)28-24/h2-16H,1H3. The zero-order chi connectivity index (χ0) is 19.1. The van der Waals surface area contributed by atoms with Gasteiger partial charge in [-0.1, -0.05) is 43.3 Å². The Kier molecular flexibility index (Phi) is 4.18. The van der Waals surface area contributed by atoms with Gasteiger partial charge in [0.2, 0.25) is 0 Å². The van der Waals surface area contributed by atoms with Gasteiger partial charge in [-0.25, -0.2) is 4.39 Å². The normalized spacial score (nSPS) is 12.5. The number of halogens is 1. The van der Waals surface area contributed by atoms with E-state index in [1.54, 1.807) is 17.4 Å². The summed E-state index contributed by atoms with van der Waals surface area (Å²) in [6.45, 7) is 2.22. The van der Waals surface area contributed by atoms with Gasteiger partial charge in [-0.05, 0) is 53.6 Å². The molecule has 0 fully saturated rings. The first-order chi connectivity index (χ1) is 13.7. The maximum absolute atomic E-state index is 13.8. The van der Waals surface area contributed by atoms with Crippen LogP contribution >= 0.6 is 11.3 Å². The molecule has 0 aliphatic rings. The molecule has 0 amide bonds. The van der Waals surface area contributed by atoms with Crippen molar-refractivity contribution in [1.82, 2.24) is 4.98 Å². The Morgan fingerprint density at radius 1 is 0.786 bits per heavy atom. The monoisotopic (exact) mass is 383 g/mol. The van der Waals surface area contributed by atoms with Crippen LogP contribution in [0.1, 0.15) is 24.0 Å². The molecule has 5 rings (SSSR count). The number of pyridine rings is 1. The van der Waals surface area contributed by atoms with Crippen LogP contribution in [0, 0.1) is 5.82 Å². The van der Waals surface area contributed by atoms with E-state index in [2.05, 4.69) is 66.5 Å². The van der Waals surface area contributed by atoms with Gasteiger partial charge in [-0.2, -0.15) is 0 Å². The molecule has 136 valence electrons. The molecule has 5 aromatic rings. The van der Waals surface area contributed by atoms with Crippen LogP contribution in [0.15, 0.2) is 85.1 Å². The molecule has 3 heteroatoms. The van der Waals surface area contributed by atoms with Crippen molar-refractivity contribution in [2.45, 2.75) is 12.8 Å². The molecule has 2 aromatic heterocycles. The second-order valence-corrected chi connectivity index (χ2v) is 8.14. The van der Waals surface area contributed by atoms with Gasteiger partial charge in [-0.3, -0.25) is 4.98 Å². The first-order valence-electron chi connectivity index (χ1n) is 9.32. The molecule has 2 heterocycles. The van der Waals surface area contributed by atoms with E-state index in [1.807, 2.05) is 18.3 Å². The van der Waals surface area contributed by atoms with Gasteiger partial charge in [0.05, 0.1) is 5.69 Å². The number of aromatic nitrogens is 1. The summed E-state index contributed by atoms with van der Waals surface area (Å²) in [7, 11) is 0. The quantitative estimate of drug-likeness (QED) is 0.316. The number of nitrogens with zero attached hydrogens (tertiary/aromatic N) is 1. The third kappa shape index (κ3) is 2.98. The molecule has 0 aliphatic heterocycles. The molecular formula is C25H18FNS. The van der Waals surface area contributed by atoms with Gasteiger partial charge in [0.1, 0.15) is 5.82 Å². The Morgan fingerprint density at radius 2 is 1.54 bits per heavy atom. The van der Waals surface area contributed by atoms with E-state index < -0.39 is 0 Å².